The van der Waals surface area contributed by atoms with E-state index >= 15 is 0 Å². The van der Waals surface area contributed by atoms with Crippen molar-refractivity contribution in [2.24, 2.45) is 0 Å². The Kier molecular flexibility index (Phi) is 8.53. The molecule has 7 aromatic carbocycles. The van der Waals surface area contributed by atoms with Crippen molar-refractivity contribution in [2.45, 2.75) is 118 Å². The molecule has 0 spiro atoms. The molecule has 0 atom stereocenters. The van der Waals surface area contributed by atoms with Crippen molar-refractivity contribution in [3.63, 3.8) is 0 Å². The third-order valence-electron chi connectivity index (χ3n) is 16.4. The summed E-state index contributed by atoms with van der Waals surface area (Å²) < 4.78 is 6.70. The van der Waals surface area contributed by atoms with Gasteiger partial charge in [-0.3, -0.25) is 0 Å². The number of hydrogen-bond donors (Lipinski definition) is 0. The van der Waals surface area contributed by atoms with E-state index in [9.17, 15) is 0 Å². The van der Waals surface area contributed by atoms with Crippen molar-refractivity contribution >= 4 is 57.2 Å². The third-order valence-corrected chi connectivity index (χ3v) is 16.4. The predicted octanol–water partition coefficient (Wildman–Crippen LogP) is 15.6. The first kappa shape index (κ1) is 41.2. The molecule has 3 nitrogen and oxygen atoms in total. The standard InChI is InChI=1S/C62H61BN2O/c1-36-15-13-16-37(2)54(36)40-19-22-43(23-20-40)65-51-26-21-41(55-38(3)17-14-18-39(55)4)29-45(51)56-57-53(30-42-27-28-66-58(42)56)64(44-24-25-46-47(31-44)60(7,8)34-59(46,5)6)52-33-49-48(32-50(52)63(57)65)61(9,10)35-62(49,11)12/h13-33H,34-35H2,1-12H3. The Morgan fingerprint density at radius 1 is 0.470 bits per heavy atom. The normalized spacial score (nSPS) is 17.7. The van der Waals surface area contributed by atoms with Crippen molar-refractivity contribution in [2.75, 3.05) is 9.71 Å². The fourth-order valence-corrected chi connectivity index (χ4v) is 14.1. The maximum Gasteiger partial charge on any atom is 0.333 e. The summed E-state index contributed by atoms with van der Waals surface area (Å²) in [5, 5.41) is 1.12. The summed E-state index contributed by atoms with van der Waals surface area (Å²) in [5.74, 6) is 0. The van der Waals surface area contributed by atoms with Gasteiger partial charge in [0.2, 0.25) is 0 Å². The topological polar surface area (TPSA) is 19.6 Å². The fraction of sp³-hybridized carbons (Fsp3) is 0.290. The fourth-order valence-electron chi connectivity index (χ4n) is 14.1. The van der Waals surface area contributed by atoms with Gasteiger partial charge in [0.25, 0.3) is 0 Å². The summed E-state index contributed by atoms with van der Waals surface area (Å²) in [4.78, 5) is 5.31. The number of aryl methyl sites for hydroxylation is 4. The average Bonchev–Trinajstić information content (AvgIpc) is 3.86. The Hall–Kier alpha value is -6.26. The molecule has 12 rings (SSSR count). The van der Waals surface area contributed by atoms with Crippen LogP contribution in [0.1, 0.15) is 113 Å². The van der Waals surface area contributed by atoms with Crippen LogP contribution in [0.25, 0.3) is 44.3 Å². The Balaban J connectivity index is 1.20. The Morgan fingerprint density at radius 3 is 1.65 bits per heavy atom. The third kappa shape index (κ3) is 5.76. The van der Waals surface area contributed by atoms with E-state index < -0.39 is 0 Å². The van der Waals surface area contributed by atoms with Gasteiger partial charge in [0.15, 0.2) is 0 Å². The van der Waals surface area contributed by atoms with Crippen molar-refractivity contribution in [3.8, 4) is 33.4 Å². The van der Waals surface area contributed by atoms with Crippen LogP contribution in [0.15, 0.2) is 132 Å². The van der Waals surface area contributed by atoms with E-state index in [1.807, 2.05) is 6.26 Å². The highest BCUT2D eigenvalue weighted by molar-refractivity contribution is 6.94. The maximum absolute atomic E-state index is 6.70. The summed E-state index contributed by atoms with van der Waals surface area (Å²) >= 11 is 0. The summed E-state index contributed by atoms with van der Waals surface area (Å²) in [6.45, 7) is 28.4. The molecule has 0 amide bonds. The molecule has 1 aromatic heterocycles. The summed E-state index contributed by atoms with van der Waals surface area (Å²) in [7, 11) is 0. The first-order chi connectivity index (χ1) is 31.3. The monoisotopic (exact) mass is 860 g/mol. The lowest BCUT2D eigenvalue weighted by atomic mass is 9.43. The van der Waals surface area contributed by atoms with E-state index in [4.69, 9.17) is 4.42 Å². The van der Waals surface area contributed by atoms with Crippen molar-refractivity contribution < 1.29 is 4.42 Å². The molecule has 0 saturated heterocycles. The molecule has 0 fully saturated rings. The number of hydrogen-bond acceptors (Lipinski definition) is 3. The number of benzene rings is 7. The molecule has 0 bridgehead atoms. The van der Waals surface area contributed by atoms with Gasteiger partial charge in [0.1, 0.15) is 5.58 Å². The van der Waals surface area contributed by atoms with E-state index in [-0.39, 0.29) is 28.5 Å². The van der Waals surface area contributed by atoms with Crippen molar-refractivity contribution in [3.05, 3.63) is 172 Å². The highest BCUT2D eigenvalue weighted by Gasteiger charge is 2.50. The van der Waals surface area contributed by atoms with E-state index in [1.165, 1.54) is 117 Å². The van der Waals surface area contributed by atoms with Gasteiger partial charge < -0.3 is 14.1 Å². The molecule has 0 radical (unpaired) electrons. The second-order valence-electron chi connectivity index (χ2n) is 23.0. The zero-order chi connectivity index (χ0) is 46.0. The minimum Gasteiger partial charge on any atom is -0.464 e. The summed E-state index contributed by atoms with van der Waals surface area (Å²) in [5.41, 5.74) is 28.4. The molecular weight excluding hydrogens is 800 g/mol. The van der Waals surface area contributed by atoms with Crippen LogP contribution in [0.3, 0.4) is 0 Å². The second-order valence-corrected chi connectivity index (χ2v) is 23.0. The Labute approximate surface area is 392 Å². The van der Waals surface area contributed by atoms with Gasteiger partial charge in [0.05, 0.1) is 6.26 Å². The van der Waals surface area contributed by atoms with Gasteiger partial charge in [-0.15, -0.1) is 0 Å². The van der Waals surface area contributed by atoms with Crippen molar-refractivity contribution in [1.82, 2.24) is 0 Å². The van der Waals surface area contributed by atoms with Gasteiger partial charge in [-0.1, -0.05) is 122 Å². The lowest BCUT2D eigenvalue weighted by molar-refractivity contribution is 0.403. The zero-order valence-corrected chi connectivity index (χ0v) is 40.9. The second kappa shape index (κ2) is 13.7. The van der Waals surface area contributed by atoms with Crippen LogP contribution in [0.5, 0.6) is 0 Å². The van der Waals surface area contributed by atoms with Crippen LogP contribution >= 0.6 is 0 Å². The van der Waals surface area contributed by atoms with Crippen LogP contribution in [-0.2, 0) is 21.7 Å². The number of fused-ring (bicyclic) bond motifs is 8. The largest absolute Gasteiger partial charge is 0.464 e. The predicted molar refractivity (Wildman–Crippen MR) is 281 cm³/mol. The molecule has 4 aliphatic rings. The van der Waals surface area contributed by atoms with E-state index in [0.717, 1.165) is 23.8 Å². The van der Waals surface area contributed by atoms with Crippen molar-refractivity contribution in [1.29, 1.82) is 0 Å². The van der Waals surface area contributed by atoms with Crippen LogP contribution in [0.4, 0.5) is 28.4 Å². The Morgan fingerprint density at radius 2 is 1.02 bits per heavy atom. The minimum atomic E-state index is -0.130. The molecule has 2 aliphatic carbocycles. The van der Waals surface area contributed by atoms with E-state index in [1.54, 1.807) is 0 Å². The summed E-state index contributed by atoms with van der Waals surface area (Å²) in [6.07, 6.45) is 4.12. The molecule has 3 heterocycles. The van der Waals surface area contributed by atoms with Gasteiger partial charge >= 0.3 is 6.85 Å². The van der Waals surface area contributed by atoms with Crippen LogP contribution in [0.2, 0.25) is 0 Å². The number of furan rings is 1. The first-order valence-electron chi connectivity index (χ1n) is 24.2. The zero-order valence-electron chi connectivity index (χ0n) is 40.9. The number of nitrogens with zero attached hydrogens (tertiary/aromatic N) is 2. The lowest BCUT2D eigenvalue weighted by Gasteiger charge is -2.46. The molecule has 0 N–H and O–H groups in total. The van der Waals surface area contributed by atoms with Gasteiger partial charge in [0, 0.05) is 45.0 Å². The van der Waals surface area contributed by atoms with Gasteiger partial charge in [-0.25, -0.2) is 0 Å². The minimum absolute atomic E-state index is 0.0146. The average molecular weight is 861 g/mol. The molecule has 328 valence electrons. The highest BCUT2D eigenvalue weighted by atomic mass is 16.3. The molecule has 8 aromatic rings. The molecule has 2 aliphatic heterocycles. The number of rotatable bonds is 4. The van der Waals surface area contributed by atoms with Gasteiger partial charge in [-0.05, 0) is 194 Å². The number of anilines is 5. The Bertz CT molecular complexity index is 3340. The quantitative estimate of drug-likeness (QED) is 0.164. The summed E-state index contributed by atoms with van der Waals surface area (Å²) in [6, 6.07) is 47.2. The lowest BCUT2D eigenvalue weighted by Crippen LogP contribution is -2.61. The highest BCUT2D eigenvalue weighted by Crippen LogP contribution is 2.56. The van der Waals surface area contributed by atoms with Crippen LogP contribution in [0, 0.1) is 27.7 Å². The van der Waals surface area contributed by atoms with E-state index in [2.05, 4.69) is 214 Å². The molecule has 66 heavy (non-hydrogen) atoms. The van der Waals surface area contributed by atoms with Gasteiger partial charge in [-0.2, -0.15) is 0 Å². The molecule has 0 unspecified atom stereocenters. The van der Waals surface area contributed by atoms with Crippen LogP contribution in [-0.4, -0.2) is 6.85 Å². The first-order valence-corrected chi connectivity index (χ1v) is 24.2. The SMILES string of the molecule is Cc1cccc(C)c1-c1ccc(N2B3c4cc5c(cc4N(c4ccc6c(c4)C(C)(C)CC6(C)C)c4cc6ccoc6c(c43)-c3cc(-c4c(C)cccc4C)ccc32)C(C)(C)CC5(C)C)cc1. The smallest absolute Gasteiger partial charge is 0.333 e. The maximum atomic E-state index is 6.70. The molecule has 4 heteroatoms. The van der Waals surface area contributed by atoms with E-state index in [0.29, 0.717) is 0 Å². The molecular formula is C62H61BN2O. The van der Waals surface area contributed by atoms with Crippen LogP contribution < -0.4 is 20.6 Å². The molecule has 0 saturated carbocycles.